The highest BCUT2D eigenvalue weighted by Crippen LogP contribution is 2.47. The molecule has 0 bridgehead atoms. The number of aliphatic carboxylic acids is 1. The number of rotatable bonds is 10. The Bertz CT molecular complexity index is 1170. The highest BCUT2D eigenvalue weighted by molar-refractivity contribution is 5.79. The highest BCUT2D eigenvalue weighted by atomic mass is 16.5. The van der Waals surface area contributed by atoms with Crippen molar-refractivity contribution in [1.82, 2.24) is 4.98 Å². The third-order valence-electron chi connectivity index (χ3n) is 6.21. The Labute approximate surface area is 193 Å². The molecule has 0 atom stereocenters. The molecule has 7 heteroatoms. The predicted octanol–water partition coefficient (Wildman–Crippen LogP) is 3.06. The predicted molar refractivity (Wildman–Crippen MR) is 121 cm³/mol. The first kappa shape index (κ1) is 22.6. The summed E-state index contributed by atoms with van der Waals surface area (Å²) in [5, 5.41) is 8.81. The fourth-order valence-corrected chi connectivity index (χ4v) is 4.42. The molecule has 7 nitrogen and oxygen atoms in total. The lowest BCUT2D eigenvalue weighted by molar-refractivity contribution is -0.697. The number of carboxylic acid groups (broad SMARTS) is 1. The molecule has 0 radical (unpaired) electrons. The molecule has 0 saturated carbocycles. The standard InChI is InChI=1S/C26H28N3O4/c1-26(2)22-17-29(12-4-16-33-18-30)15-10-20(22)21-6-7-23(27-25(21)26)19-8-13-28(14-9-19)11-3-5-24(31)32/h6-10,13-15,17-18H,3-5,11-12,16H2,1-2H3/q+1/p+1. The summed E-state index contributed by atoms with van der Waals surface area (Å²) in [5.74, 6) is -0.768. The van der Waals surface area contributed by atoms with Gasteiger partial charge in [-0.15, -0.1) is 0 Å². The summed E-state index contributed by atoms with van der Waals surface area (Å²) < 4.78 is 8.94. The van der Waals surface area contributed by atoms with Crippen molar-refractivity contribution in [2.45, 2.75) is 51.6 Å². The van der Waals surface area contributed by atoms with Crippen molar-refractivity contribution in [3.05, 3.63) is 66.4 Å². The number of aryl methyl sites for hydroxylation is 2. The lowest BCUT2D eigenvalue weighted by Crippen LogP contribution is -2.35. The fourth-order valence-electron chi connectivity index (χ4n) is 4.42. The largest absolute Gasteiger partial charge is 0.481 e. The molecule has 1 aliphatic rings. The smallest absolute Gasteiger partial charge is 0.303 e. The molecule has 3 aromatic rings. The minimum atomic E-state index is -0.768. The first-order valence-corrected chi connectivity index (χ1v) is 11.2. The molecule has 0 unspecified atom stereocenters. The topological polar surface area (TPSA) is 84.2 Å². The van der Waals surface area contributed by atoms with Crippen LogP contribution >= 0.6 is 0 Å². The highest BCUT2D eigenvalue weighted by Gasteiger charge is 2.39. The lowest BCUT2D eigenvalue weighted by Gasteiger charge is -2.19. The van der Waals surface area contributed by atoms with Gasteiger partial charge in [0.25, 0.3) is 6.47 Å². The van der Waals surface area contributed by atoms with E-state index in [1.165, 1.54) is 11.1 Å². The average Bonchev–Trinajstić information content (AvgIpc) is 3.03. The Balaban J connectivity index is 1.55. The van der Waals surface area contributed by atoms with E-state index in [-0.39, 0.29) is 11.8 Å². The molecular formula is C26H29N3O4+2. The van der Waals surface area contributed by atoms with E-state index in [4.69, 9.17) is 14.8 Å². The van der Waals surface area contributed by atoms with Crippen LogP contribution in [0, 0.1) is 0 Å². The monoisotopic (exact) mass is 447 g/mol. The maximum atomic E-state index is 10.7. The third-order valence-corrected chi connectivity index (χ3v) is 6.21. The van der Waals surface area contributed by atoms with Crippen molar-refractivity contribution in [3.63, 3.8) is 0 Å². The zero-order chi connectivity index (χ0) is 23.4. The molecule has 0 aliphatic heterocycles. The van der Waals surface area contributed by atoms with E-state index in [1.807, 2.05) is 29.1 Å². The van der Waals surface area contributed by atoms with E-state index < -0.39 is 5.97 Å². The van der Waals surface area contributed by atoms with Crippen molar-refractivity contribution in [3.8, 4) is 22.4 Å². The minimum Gasteiger partial charge on any atom is -0.481 e. The van der Waals surface area contributed by atoms with Crippen molar-refractivity contribution < 1.29 is 28.6 Å². The Morgan fingerprint density at radius 2 is 1.76 bits per heavy atom. The van der Waals surface area contributed by atoms with Gasteiger partial charge in [0.1, 0.15) is 6.54 Å². The average molecular weight is 448 g/mol. The second-order valence-electron chi connectivity index (χ2n) is 8.87. The van der Waals surface area contributed by atoms with E-state index in [2.05, 4.69) is 49.0 Å². The van der Waals surface area contributed by atoms with Crippen LogP contribution in [-0.4, -0.2) is 29.1 Å². The third kappa shape index (κ3) is 4.77. The Hall–Kier alpha value is -3.61. The zero-order valence-corrected chi connectivity index (χ0v) is 19.0. The van der Waals surface area contributed by atoms with Gasteiger partial charge in [-0.2, -0.15) is 0 Å². The first-order chi connectivity index (χ1) is 15.9. The number of aromatic nitrogens is 3. The number of carbonyl (C=O) groups is 2. The van der Waals surface area contributed by atoms with Gasteiger partial charge in [-0.1, -0.05) is 6.07 Å². The quantitative estimate of drug-likeness (QED) is 0.293. The van der Waals surface area contributed by atoms with Crippen molar-refractivity contribution in [2.75, 3.05) is 6.61 Å². The second kappa shape index (κ2) is 9.48. The van der Waals surface area contributed by atoms with Crippen molar-refractivity contribution >= 4 is 12.4 Å². The van der Waals surface area contributed by atoms with Gasteiger partial charge in [0, 0.05) is 53.1 Å². The van der Waals surface area contributed by atoms with Crippen LogP contribution in [-0.2, 0) is 32.8 Å². The van der Waals surface area contributed by atoms with Gasteiger partial charge in [0.15, 0.2) is 31.3 Å². The van der Waals surface area contributed by atoms with Gasteiger partial charge in [0.05, 0.1) is 24.4 Å². The number of carboxylic acids is 1. The van der Waals surface area contributed by atoms with Crippen LogP contribution in [0.5, 0.6) is 0 Å². The summed E-state index contributed by atoms with van der Waals surface area (Å²) in [6.07, 6.45) is 9.74. The van der Waals surface area contributed by atoms with Crippen molar-refractivity contribution in [2.24, 2.45) is 0 Å². The van der Waals surface area contributed by atoms with Gasteiger partial charge in [-0.25, -0.2) is 9.13 Å². The number of ether oxygens (including phenoxy) is 1. The molecule has 1 aliphatic carbocycles. The van der Waals surface area contributed by atoms with Gasteiger partial charge in [0.2, 0.25) is 0 Å². The van der Waals surface area contributed by atoms with Gasteiger partial charge in [-0.3, -0.25) is 14.6 Å². The summed E-state index contributed by atoms with van der Waals surface area (Å²) in [4.78, 5) is 26.1. The fraction of sp³-hybridized carbons (Fsp3) is 0.346. The molecule has 3 heterocycles. The Morgan fingerprint density at radius 1 is 1.03 bits per heavy atom. The molecule has 0 spiro atoms. The molecule has 4 rings (SSSR count). The van der Waals surface area contributed by atoms with Crippen LogP contribution in [0.1, 0.15) is 44.4 Å². The second-order valence-corrected chi connectivity index (χ2v) is 8.87. The van der Waals surface area contributed by atoms with E-state index in [9.17, 15) is 9.59 Å². The van der Waals surface area contributed by atoms with Crippen LogP contribution in [0.15, 0.2) is 55.1 Å². The van der Waals surface area contributed by atoms with Crippen LogP contribution in [0.2, 0.25) is 0 Å². The lowest BCUT2D eigenvalue weighted by atomic mass is 9.86. The number of nitrogens with zero attached hydrogens (tertiary/aromatic N) is 3. The number of pyridine rings is 3. The molecule has 1 N–H and O–H groups in total. The van der Waals surface area contributed by atoms with Crippen LogP contribution in [0.25, 0.3) is 22.4 Å². The summed E-state index contributed by atoms with van der Waals surface area (Å²) in [6, 6.07) is 10.4. The number of fused-ring (bicyclic) bond motifs is 3. The van der Waals surface area contributed by atoms with Crippen molar-refractivity contribution in [1.29, 1.82) is 0 Å². The summed E-state index contributed by atoms with van der Waals surface area (Å²) >= 11 is 0. The molecule has 0 fully saturated rings. The van der Waals surface area contributed by atoms with Gasteiger partial charge < -0.3 is 9.84 Å². The first-order valence-electron chi connectivity index (χ1n) is 11.2. The number of hydrogen-bond acceptors (Lipinski definition) is 4. The van der Waals surface area contributed by atoms with Gasteiger partial charge in [-0.05, 0) is 25.5 Å². The summed E-state index contributed by atoms with van der Waals surface area (Å²) in [6.45, 7) is 6.77. The Kier molecular flexibility index (Phi) is 6.49. The maximum Gasteiger partial charge on any atom is 0.303 e. The molecular weight excluding hydrogens is 418 g/mol. The van der Waals surface area contributed by atoms with Gasteiger partial charge >= 0.3 is 5.97 Å². The van der Waals surface area contributed by atoms with E-state index >= 15 is 0 Å². The molecule has 33 heavy (non-hydrogen) atoms. The Morgan fingerprint density at radius 3 is 2.48 bits per heavy atom. The molecule has 3 aromatic heterocycles. The SMILES string of the molecule is CC1(C)c2c[n+](CCCOC=O)ccc2-c2ccc(-c3cc[n+](CCCC(=O)O)cc3)nc21. The van der Waals surface area contributed by atoms with E-state index in [0.717, 1.165) is 35.5 Å². The molecule has 170 valence electrons. The van der Waals surface area contributed by atoms with Crippen LogP contribution < -0.4 is 9.13 Å². The summed E-state index contributed by atoms with van der Waals surface area (Å²) in [7, 11) is 0. The molecule has 0 aromatic carbocycles. The van der Waals surface area contributed by atoms with E-state index in [0.29, 0.717) is 26.0 Å². The summed E-state index contributed by atoms with van der Waals surface area (Å²) in [5.41, 5.74) is 6.40. The normalized spacial score (nSPS) is 13.3. The zero-order valence-electron chi connectivity index (χ0n) is 19.0. The molecule has 0 saturated heterocycles. The molecule has 0 amide bonds. The van der Waals surface area contributed by atoms with Crippen LogP contribution in [0.3, 0.4) is 0 Å². The van der Waals surface area contributed by atoms with E-state index in [1.54, 1.807) is 0 Å². The number of hydrogen-bond donors (Lipinski definition) is 1. The van der Waals surface area contributed by atoms with Crippen LogP contribution in [0.4, 0.5) is 0 Å². The minimum absolute atomic E-state index is 0.170. The number of carbonyl (C=O) groups excluding carboxylic acids is 1. The maximum absolute atomic E-state index is 10.7.